The first-order valence-corrected chi connectivity index (χ1v) is 9.92. The van der Waals surface area contributed by atoms with Crippen molar-refractivity contribution in [3.8, 4) is 11.3 Å². The third-order valence-electron chi connectivity index (χ3n) is 5.28. The first kappa shape index (κ1) is 18.9. The van der Waals surface area contributed by atoms with Crippen LogP contribution in [0.25, 0.3) is 11.3 Å². The molecule has 0 N–H and O–H groups in total. The van der Waals surface area contributed by atoms with Crippen LogP contribution in [0.4, 0.5) is 10.3 Å². The molecule has 150 valence electrons. The van der Waals surface area contributed by atoms with Crippen molar-refractivity contribution in [2.75, 3.05) is 31.2 Å². The summed E-state index contributed by atoms with van der Waals surface area (Å²) >= 11 is 0. The van der Waals surface area contributed by atoms with Crippen LogP contribution in [-0.2, 0) is 16.1 Å². The van der Waals surface area contributed by atoms with E-state index in [1.54, 1.807) is 12.1 Å². The van der Waals surface area contributed by atoms with E-state index in [1.807, 2.05) is 18.7 Å². The fraction of sp³-hybridized carbons (Fsp3) is 0.524. The van der Waals surface area contributed by atoms with Gasteiger partial charge in [-0.05, 0) is 37.1 Å². The zero-order valence-corrected chi connectivity index (χ0v) is 16.4. The second-order valence-corrected chi connectivity index (χ2v) is 7.77. The van der Waals surface area contributed by atoms with E-state index < -0.39 is 0 Å². The molecule has 2 aliphatic rings. The number of hydrogen-bond donors (Lipinski definition) is 0. The van der Waals surface area contributed by atoms with Crippen LogP contribution in [0.1, 0.15) is 32.3 Å². The maximum atomic E-state index is 13.4. The summed E-state index contributed by atoms with van der Waals surface area (Å²) in [4.78, 5) is 16.9. The zero-order valence-electron chi connectivity index (χ0n) is 16.4. The van der Waals surface area contributed by atoms with E-state index in [2.05, 4.69) is 10.1 Å². The Hall–Kier alpha value is -2.41. The number of morpholine rings is 1. The van der Waals surface area contributed by atoms with E-state index in [-0.39, 0.29) is 23.7 Å². The van der Waals surface area contributed by atoms with Gasteiger partial charge in [0.15, 0.2) is 0 Å². The van der Waals surface area contributed by atoms with Crippen LogP contribution in [-0.4, -0.2) is 48.3 Å². The smallest absolute Gasteiger partial charge is 0.233 e. The average Bonchev–Trinajstić information content (AvgIpc) is 3.46. The van der Waals surface area contributed by atoms with Gasteiger partial charge in [0.1, 0.15) is 11.5 Å². The molecule has 1 saturated heterocycles. The van der Waals surface area contributed by atoms with Crippen LogP contribution >= 0.6 is 0 Å². The summed E-state index contributed by atoms with van der Waals surface area (Å²) < 4.78 is 24.6. The van der Waals surface area contributed by atoms with Crippen molar-refractivity contribution >= 4 is 11.8 Å². The number of rotatable bonds is 6. The Morgan fingerprint density at radius 3 is 2.54 bits per heavy atom. The monoisotopic (exact) mass is 387 g/mol. The second-order valence-electron chi connectivity index (χ2n) is 7.77. The molecule has 1 aliphatic heterocycles. The van der Waals surface area contributed by atoms with E-state index in [0.717, 1.165) is 24.0 Å². The molecule has 0 radical (unpaired) electrons. The first-order valence-electron chi connectivity index (χ1n) is 9.92. The normalized spacial score (nSPS) is 17.2. The van der Waals surface area contributed by atoms with Crippen LogP contribution in [0.2, 0.25) is 0 Å². The molecular formula is C21H26FN3O3. The van der Waals surface area contributed by atoms with Gasteiger partial charge in [0.2, 0.25) is 11.8 Å². The number of ether oxygens (including phenoxy) is 1. The molecule has 0 bridgehead atoms. The summed E-state index contributed by atoms with van der Waals surface area (Å²) in [7, 11) is 0. The quantitative estimate of drug-likeness (QED) is 0.760. The van der Waals surface area contributed by atoms with Gasteiger partial charge in [-0.2, -0.15) is 0 Å². The molecule has 1 saturated carbocycles. The van der Waals surface area contributed by atoms with Crippen molar-refractivity contribution in [2.24, 2.45) is 5.92 Å². The molecule has 28 heavy (non-hydrogen) atoms. The Morgan fingerprint density at radius 2 is 1.93 bits per heavy atom. The second kappa shape index (κ2) is 7.91. The third-order valence-corrected chi connectivity index (χ3v) is 5.28. The van der Waals surface area contributed by atoms with Crippen LogP contribution in [0.15, 0.2) is 28.8 Å². The summed E-state index contributed by atoms with van der Waals surface area (Å²) in [5.41, 5.74) is 2.34. The number of aromatic nitrogens is 1. The van der Waals surface area contributed by atoms with E-state index >= 15 is 0 Å². The molecule has 0 atom stereocenters. The molecule has 1 aromatic heterocycles. The Bertz CT molecular complexity index is 824. The van der Waals surface area contributed by atoms with Crippen molar-refractivity contribution in [1.29, 1.82) is 0 Å². The standard InChI is InChI=1S/C21H26FN3O3/c1-14(2)20(26)25(17-7-8-17)13-18-19(15-3-5-16(22)6-4-15)23-28-21(18)24-9-11-27-12-10-24/h3-6,14,17H,7-13H2,1-2H3. The lowest BCUT2D eigenvalue weighted by atomic mass is 10.1. The molecule has 6 nitrogen and oxygen atoms in total. The van der Waals surface area contributed by atoms with Crippen LogP contribution in [0, 0.1) is 11.7 Å². The lowest BCUT2D eigenvalue weighted by Crippen LogP contribution is -2.38. The Morgan fingerprint density at radius 1 is 1.25 bits per heavy atom. The number of carbonyl (C=O) groups excluding carboxylic acids is 1. The molecule has 4 rings (SSSR count). The lowest BCUT2D eigenvalue weighted by Gasteiger charge is -2.29. The number of anilines is 1. The summed E-state index contributed by atoms with van der Waals surface area (Å²) in [6, 6.07) is 6.51. The summed E-state index contributed by atoms with van der Waals surface area (Å²) in [6.07, 6.45) is 2.06. The number of benzene rings is 1. The maximum Gasteiger partial charge on any atom is 0.233 e. The largest absolute Gasteiger partial charge is 0.378 e. The van der Waals surface area contributed by atoms with Crippen molar-refractivity contribution < 1.29 is 18.4 Å². The molecular weight excluding hydrogens is 361 g/mol. The van der Waals surface area contributed by atoms with Gasteiger partial charge in [-0.25, -0.2) is 4.39 Å². The Kier molecular flexibility index (Phi) is 5.35. The SMILES string of the molecule is CC(C)C(=O)N(Cc1c(-c2ccc(F)cc2)noc1N1CCOCC1)C1CC1. The van der Waals surface area contributed by atoms with Crippen LogP contribution in [0.5, 0.6) is 0 Å². The topological polar surface area (TPSA) is 58.8 Å². The number of carbonyl (C=O) groups is 1. The van der Waals surface area contributed by atoms with Crippen molar-refractivity contribution in [1.82, 2.24) is 10.1 Å². The van der Waals surface area contributed by atoms with E-state index in [9.17, 15) is 9.18 Å². The Balaban J connectivity index is 1.72. The fourth-order valence-corrected chi connectivity index (χ4v) is 3.57. The van der Waals surface area contributed by atoms with E-state index in [0.29, 0.717) is 44.4 Å². The number of halogens is 1. The van der Waals surface area contributed by atoms with Crippen molar-refractivity contribution in [2.45, 2.75) is 39.3 Å². The molecule has 1 amide bonds. The number of nitrogens with zero attached hydrogens (tertiary/aromatic N) is 3. The van der Waals surface area contributed by atoms with E-state index in [4.69, 9.17) is 9.26 Å². The van der Waals surface area contributed by atoms with Gasteiger partial charge in [0.25, 0.3) is 0 Å². The highest BCUT2D eigenvalue weighted by atomic mass is 19.1. The Labute approximate surface area is 164 Å². The highest BCUT2D eigenvalue weighted by Crippen LogP contribution is 2.36. The van der Waals surface area contributed by atoms with Gasteiger partial charge in [0.05, 0.1) is 25.3 Å². The molecule has 1 aromatic carbocycles. The molecule has 1 aliphatic carbocycles. The van der Waals surface area contributed by atoms with Gasteiger partial charge >= 0.3 is 0 Å². The molecule has 2 aromatic rings. The van der Waals surface area contributed by atoms with Crippen LogP contribution in [0.3, 0.4) is 0 Å². The molecule has 7 heteroatoms. The van der Waals surface area contributed by atoms with Crippen molar-refractivity contribution in [3.05, 3.63) is 35.6 Å². The average molecular weight is 387 g/mol. The molecule has 2 fully saturated rings. The van der Waals surface area contributed by atoms with Crippen molar-refractivity contribution in [3.63, 3.8) is 0 Å². The van der Waals surface area contributed by atoms with Gasteiger partial charge < -0.3 is 19.1 Å². The highest BCUT2D eigenvalue weighted by molar-refractivity contribution is 5.79. The van der Waals surface area contributed by atoms with Gasteiger partial charge in [-0.3, -0.25) is 4.79 Å². The van der Waals surface area contributed by atoms with Gasteiger partial charge in [0, 0.05) is 30.6 Å². The third kappa shape index (κ3) is 3.90. The number of amides is 1. The summed E-state index contributed by atoms with van der Waals surface area (Å²) in [5, 5.41) is 4.31. The first-order chi connectivity index (χ1) is 13.5. The minimum atomic E-state index is -0.295. The molecule has 2 heterocycles. The maximum absolute atomic E-state index is 13.4. The molecule has 0 spiro atoms. The van der Waals surface area contributed by atoms with Gasteiger partial charge in [-0.15, -0.1) is 0 Å². The minimum Gasteiger partial charge on any atom is -0.378 e. The molecule has 0 unspecified atom stereocenters. The predicted molar refractivity (Wildman–Crippen MR) is 103 cm³/mol. The number of hydrogen-bond acceptors (Lipinski definition) is 5. The van der Waals surface area contributed by atoms with E-state index in [1.165, 1.54) is 12.1 Å². The predicted octanol–water partition coefficient (Wildman–Crippen LogP) is 3.46. The minimum absolute atomic E-state index is 0.0680. The highest BCUT2D eigenvalue weighted by Gasteiger charge is 2.36. The fourth-order valence-electron chi connectivity index (χ4n) is 3.57. The zero-order chi connectivity index (χ0) is 19.7. The van der Waals surface area contributed by atoms with Gasteiger partial charge in [-0.1, -0.05) is 19.0 Å². The summed E-state index contributed by atoms with van der Waals surface area (Å²) in [5.74, 6) is 0.463. The van der Waals surface area contributed by atoms with Crippen LogP contribution < -0.4 is 4.90 Å². The lowest BCUT2D eigenvalue weighted by molar-refractivity contribution is -0.135. The summed E-state index contributed by atoms with van der Waals surface area (Å²) in [6.45, 7) is 6.99.